The molecule has 0 bridgehead atoms. The molecule has 84 valence electrons. The second-order valence-electron chi connectivity index (χ2n) is 4.12. The van der Waals surface area contributed by atoms with E-state index in [4.69, 9.17) is 0 Å². The summed E-state index contributed by atoms with van der Waals surface area (Å²) in [5.74, 6) is 0. The zero-order valence-electron chi connectivity index (χ0n) is 9.25. The molecule has 1 aromatic heterocycles. The zero-order chi connectivity index (χ0) is 10.5. The second-order valence-corrected chi connectivity index (χ2v) is 5.44. The van der Waals surface area contributed by atoms with Gasteiger partial charge in [-0.1, -0.05) is 0 Å². The lowest BCUT2D eigenvalue weighted by molar-refractivity contribution is 0.468. The molecule has 1 atom stereocenters. The number of thiazole rings is 1. The molecule has 1 aliphatic heterocycles. The van der Waals surface area contributed by atoms with Gasteiger partial charge in [-0.2, -0.15) is 0 Å². The van der Waals surface area contributed by atoms with E-state index in [0.717, 1.165) is 13.1 Å². The molecule has 1 fully saturated rings. The third-order valence-corrected chi connectivity index (χ3v) is 3.70. The van der Waals surface area contributed by atoms with E-state index in [-0.39, 0.29) is 0 Å². The molecular weight excluding hydrogens is 206 g/mol. The maximum atomic E-state index is 4.36. The summed E-state index contributed by atoms with van der Waals surface area (Å²) in [5, 5.41) is 8.24. The van der Waals surface area contributed by atoms with Crippen molar-refractivity contribution in [3.63, 3.8) is 0 Å². The topological polar surface area (TPSA) is 37.0 Å². The Bertz CT molecular complexity index is 290. The highest BCUT2D eigenvalue weighted by atomic mass is 32.1. The number of nitrogens with one attached hydrogen (secondary N) is 2. The predicted octanol–water partition coefficient (Wildman–Crippen LogP) is 1.68. The molecule has 0 saturated carbocycles. The van der Waals surface area contributed by atoms with E-state index in [2.05, 4.69) is 22.5 Å². The smallest absolute Gasteiger partial charge is 0.107 e. The summed E-state index contributed by atoms with van der Waals surface area (Å²) in [5.41, 5.74) is 0. The van der Waals surface area contributed by atoms with E-state index in [1.165, 1.54) is 35.7 Å². The fourth-order valence-corrected chi connectivity index (χ4v) is 2.68. The number of hydrogen-bond acceptors (Lipinski definition) is 4. The molecule has 3 nitrogen and oxygen atoms in total. The van der Waals surface area contributed by atoms with Gasteiger partial charge in [-0.25, -0.2) is 4.98 Å². The highest BCUT2D eigenvalue weighted by molar-refractivity contribution is 7.11. The summed E-state index contributed by atoms with van der Waals surface area (Å²) < 4.78 is 0. The number of rotatable bonds is 3. The van der Waals surface area contributed by atoms with Gasteiger partial charge in [0.2, 0.25) is 0 Å². The Morgan fingerprint density at radius 3 is 3.27 bits per heavy atom. The van der Waals surface area contributed by atoms with Gasteiger partial charge >= 0.3 is 0 Å². The highest BCUT2D eigenvalue weighted by Crippen LogP contribution is 2.12. The van der Waals surface area contributed by atoms with Gasteiger partial charge in [-0.05, 0) is 39.3 Å². The molecular formula is C11H19N3S. The summed E-state index contributed by atoms with van der Waals surface area (Å²) in [6.45, 7) is 5.36. The van der Waals surface area contributed by atoms with E-state index in [1.807, 2.05) is 6.20 Å². The maximum absolute atomic E-state index is 4.36. The molecule has 4 heteroatoms. The van der Waals surface area contributed by atoms with Crippen LogP contribution in [0.3, 0.4) is 0 Å². The molecule has 1 aromatic rings. The standard InChI is InChI=1S/C11H19N3S/c1-9-7-14-11(15-9)8-13-10-3-2-5-12-6-4-10/h7,10,12-13H,2-6,8H2,1H3. The molecule has 2 heterocycles. The van der Waals surface area contributed by atoms with Crippen molar-refractivity contribution >= 4 is 11.3 Å². The van der Waals surface area contributed by atoms with Gasteiger partial charge in [0.1, 0.15) is 5.01 Å². The average Bonchev–Trinajstić information content (AvgIpc) is 2.52. The molecule has 1 aliphatic rings. The van der Waals surface area contributed by atoms with Crippen LogP contribution >= 0.6 is 11.3 Å². The minimum Gasteiger partial charge on any atom is -0.317 e. The van der Waals surface area contributed by atoms with Crippen LogP contribution in [0.15, 0.2) is 6.20 Å². The van der Waals surface area contributed by atoms with Crippen molar-refractivity contribution in [2.24, 2.45) is 0 Å². The van der Waals surface area contributed by atoms with Crippen LogP contribution in [0, 0.1) is 6.92 Å². The van der Waals surface area contributed by atoms with Crippen molar-refractivity contribution in [2.75, 3.05) is 13.1 Å². The van der Waals surface area contributed by atoms with Crippen LogP contribution in [0.5, 0.6) is 0 Å². The van der Waals surface area contributed by atoms with E-state index in [0.29, 0.717) is 6.04 Å². The Kier molecular flexibility index (Phi) is 4.11. The first-order valence-corrected chi connectivity index (χ1v) is 6.51. The van der Waals surface area contributed by atoms with Gasteiger partial charge in [0.25, 0.3) is 0 Å². The van der Waals surface area contributed by atoms with Gasteiger partial charge in [0.05, 0.1) is 0 Å². The Hall–Kier alpha value is -0.450. The van der Waals surface area contributed by atoms with Crippen molar-refractivity contribution in [1.29, 1.82) is 0 Å². The second kappa shape index (κ2) is 5.58. The quantitative estimate of drug-likeness (QED) is 0.822. The Labute approximate surface area is 95.3 Å². The van der Waals surface area contributed by atoms with Crippen molar-refractivity contribution in [2.45, 2.75) is 38.8 Å². The first-order chi connectivity index (χ1) is 7.34. The van der Waals surface area contributed by atoms with Crippen LogP contribution < -0.4 is 10.6 Å². The van der Waals surface area contributed by atoms with E-state index in [1.54, 1.807) is 11.3 Å². The lowest BCUT2D eigenvalue weighted by Gasteiger charge is -2.14. The van der Waals surface area contributed by atoms with Crippen molar-refractivity contribution in [3.8, 4) is 0 Å². The summed E-state index contributed by atoms with van der Waals surface area (Å²) >= 11 is 1.79. The molecule has 0 radical (unpaired) electrons. The minimum absolute atomic E-state index is 0.671. The van der Waals surface area contributed by atoms with Crippen LogP contribution in [0.25, 0.3) is 0 Å². The lowest BCUT2D eigenvalue weighted by atomic mass is 10.1. The van der Waals surface area contributed by atoms with E-state index in [9.17, 15) is 0 Å². The van der Waals surface area contributed by atoms with Crippen LogP contribution in [-0.2, 0) is 6.54 Å². The normalized spacial score (nSPS) is 22.6. The highest BCUT2D eigenvalue weighted by Gasteiger charge is 2.11. The van der Waals surface area contributed by atoms with Crippen LogP contribution in [0.4, 0.5) is 0 Å². The van der Waals surface area contributed by atoms with Gasteiger partial charge < -0.3 is 10.6 Å². The third-order valence-electron chi connectivity index (χ3n) is 2.79. The average molecular weight is 225 g/mol. The summed E-state index contributed by atoms with van der Waals surface area (Å²) in [7, 11) is 0. The van der Waals surface area contributed by atoms with E-state index >= 15 is 0 Å². The molecule has 2 N–H and O–H groups in total. The van der Waals surface area contributed by atoms with Gasteiger partial charge in [0.15, 0.2) is 0 Å². The molecule has 2 rings (SSSR count). The lowest BCUT2D eigenvalue weighted by Crippen LogP contribution is -2.29. The summed E-state index contributed by atoms with van der Waals surface area (Å²) in [6.07, 6.45) is 5.77. The molecule has 1 unspecified atom stereocenters. The molecule has 1 saturated heterocycles. The number of nitrogens with zero attached hydrogens (tertiary/aromatic N) is 1. The van der Waals surface area contributed by atoms with Crippen LogP contribution in [0.1, 0.15) is 29.1 Å². The SMILES string of the molecule is Cc1cnc(CNC2CCCNCC2)s1. The largest absolute Gasteiger partial charge is 0.317 e. The monoisotopic (exact) mass is 225 g/mol. The van der Waals surface area contributed by atoms with Crippen molar-refractivity contribution < 1.29 is 0 Å². The molecule has 0 amide bonds. The van der Waals surface area contributed by atoms with Gasteiger partial charge in [-0.3, -0.25) is 0 Å². The maximum Gasteiger partial charge on any atom is 0.107 e. The molecule has 0 spiro atoms. The number of aryl methyl sites for hydroxylation is 1. The van der Waals surface area contributed by atoms with Crippen molar-refractivity contribution in [1.82, 2.24) is 15.6 Å². The first kappa shape index (κ1) is 11.0. The number of hydrogen-bond donors (Lipinski definition) is 2. The van der Waals surface area contributed by atoms with Crippen LogP contribution in [-0.4, -0.2) is 24.1 Å². The minimum atomic E-state index is 0.671. The van der Waals surface area contributed by atoms with Gasteiger partial charge in [0, 0.05) is 23.7 Å². The molecule has 0 aliphatic carbocycles. The third kappa shape index (κ3) is 3.55. The van der Waals surface area contributed by atoms with Crippen molar-refractivity contribution in [3.05, 3.63) is 16.1 Å². The molecule has 0 aromatic carbocycles. The van der Waals surface area contributed by atoms with Gasteiger partial charge in [-0.15, -0.1) is 11.3 Å². The Morgan fingerprint density at radius 2 is 2.47 bits per heavy atom. The Balaban J connectivity index is 1.76. The molecule has 15 heavy (non-hydrogen) atoms. The Morgan fingerprint density at radius 1 is 1.53 bits per heavy atom. The first-order valence-electron chi connectivity index (χ1n) is 5.70. The number of aromatic nitrogens is 1. The van der Waals surface area contributed by atoms with E-state index < -0.39 is 0 Å². The fraction of sp³-hybridized carbons (Fsp3) is 0.727. The summed E-state index contributed by atoms with van der Waals surface area (Å²) in [6, 6.07) is 0.671. The fourth-order valence-electron chi connectivity index (χ4n) is 1.94. The predicted molar refractivity (Wildman–Crippen MR) is 64.2 cm³/mol. The summed E-state index contributed by atoms with van der Waals surface area (Å²) in [4.78, 5) is 5.66. The zero-order valence-corrected chi connectivity index (χ0v) is 10.1. The van der Waals surface area contributed by atoms with Crippen LogP contribution in [0.2, 0.25) is 0 Å².